The zero-order chi connectivity index (χ0) is 19.2. The monoisotopic (exact) mass is 389 g/mol. The van der Waals surface area contributed by atoms with Crippen LogP contribution in [0.15, 0.2) is 35.5 Å². The number of carbonyl (C=O) groups excluding carboxylic acids is 1. The van der Waals surface area contributed by atoms with E-state index in [-0.39, 0.29) is 29.1 Å². The molecule has 1 aromatic carbocycles. The molecule has 1 amide bonds. The van der Waals surface area contributed by atoms with Gasteiger partial charge in [0.05, 0.1) is 17.9 Å². The second-order valence-electron chi connectivity index (χ2n) is 7.03. The minimum absolute atomic E-state index is 0.0870. The lowest BCUT2D eigenvalue weighted by atomic mass is 10.2. The minimum atomic E-state index is -3.63. The largest absolute Gasteiger partial charge is 0.347 e. The molecule has 3 heterocycles. The van der Waals surface area contributed by atoms with Crippen LogP contribution >= 0.6 is 0 Å². The molecule has 1 fully saturated rings. The van der Waals surface area contributed by atoms with E-state index >= 15 is 0 Å². The van der Waals surface area contributed by atoms with Gasteiger partial charge < -0.3 is 10.2 Å². The molecular weight excluding hydrogens is 366 g/mol. The standard InChI is InChI=1S/C18H23N5O3S/c1-3-22-11-15-17(18(24)20-13-8-9-21(2)10-13)19-12-23(15)14-6-4-5-7-16(14)27(22,25)26/h4-7,12-13H,3,8-11H2,1-2H3,(H,20,24). The molecule has 8 nitrogen and oxygen atoms in total. The zero-order valence-corrected chi connectivity index (χ0v) is 16.2. The first-order chi connectivity index (χ1) is 12.9. The van der Waals surface area contributed by atoms with Crippen molar-refractivity contribution in [1.29, 1.82) is 0 Å². The van der Waals surface area contributed by atoms with Gasteiger partial charge in [-0.1, -0.05) is 19.1 Å². The lowest BCUT2D eigenvalue weighted by molar-refractivity contribution is 0.0932. The van der Waals surface area contributed by atoms with E-state index in [0.717, 1.165) is 19.5 Å². The number of para-hydroxylation sites is 1. The molecule has 2 aromatic rings. The summed E-state index contributed by atoms with van der Waals surface area (Å²) in [4.78, 5) is 19.6. The van der Waals surface area contributed by atoms with Gasteiger partial charge in [0.2, 0.25) is 10.0 Å². The second kappa shape index (κ2) is 6.74. The quantitative estimate of drug-likeness (QED) is 0.840. The van der Waals surface area contributed by atoms with Gasteiger partial charge in [-0.15, -0.1) is 0 Å². The smallest absolute Gasteiger partial charge is 0.272 e. The number of fused-ring (bicyclic) bond motifs is 3. The first-order valence-electron chi connectivity index (χ1n) is 9.07. The van der Waals surface area contributed by atoms with Crippen molar-refractivity contribution in [2.45, 2.75) is 30.8 Å². The van der Waals surface area contributed by atoms with Crippen LogP contribution in [-0.2, 0) is 16.6 Å². The molecule has 144 valence electrons. The molecule has 0 saturated carbocycles. The van der Waals surface area contributed by atoms with Crippen molar-refractivity contribution in [3.05, 3.63) is 42.0 Å². The summed E-state index contributed by atoms with van der Waals surface area (Å²) in [6.07, 6.45) is 2.44. The number of imidazole rings is 1. The maximum atomic E-state index is 13.0. The maximum Gasteiger partial charge on any atom is 0.272 e. The van der Waals surface area contributed by atoms with E-state index in [4.69, 9.17) is 0 Å². The number of hydrogen-bond donors (Lipinski definition) is 1. The van der Waals surface area contributed by atoms with Crippen LogP contribution in [0.25, 0.3) is 5.69 Å². The fourth-order valence-electron chi connectivity index (χ4n) is 3.78. The van der Waals surface area contributed by atoms with Crippen molar-refractivity contribution in [2.24, 2.45) is 0 Å². The number of benzene rings is 1. The molecule has 2 aliphatic rings. The Labute approximate surface area is 158 Å². The Morgan fingerprint density at radius 2 is 2.11 bits per heavy atom. The normalized spacial score (nSPS) is 22.1. The molecule has 0 spiro atoms. The first kappa shape index (κ1) is 18.1. The van der Waals surface area contributed by atoms with E-state index in [2.05, 4.69) is 15.2 Å². The second-order valence-corrected chi connectivity index (χ2v) is 8.94. The Morgan fingerprint density at radius 3 is 2.81 bits per heavy atom. The number of sulfonamides is 1. The van der Waals surface area contributed by atoms with E-state index in [1.807, 2.05) is 7.05 Å². The van der Waals surface area contributed by atoms with E-state index in [9.17, 15) is 13.2 Å². The minimum Gasteiger partial charge on any atom is -0.347 e. The molecule has 0 radical (unpaired) electrons. The van der Waals surface area contributed by atoms with Crippen LogP contribution in [-0.4, -0.2) is 65.8 Å². The highest BCUT2D eigenvalue weighted by molar-refractivity contribution is 7.89. The van der Waals surface area contributed by atoms with Crippen molar-refractivity contribution in [3.8, 4) is 5.69 Å². The van der Waals surface area contributed by atoms with Crippen LogP contribution in [0.1, 0.15) is 29.5 Å². The lowest BCUT2D eigenvalue weighted by Gasteiger charge is -2.18. The van der Waals surface area contributed by atoms with Crippen LogP contribution < -0.4 is 5.32 Å². The third kappa shape index (κ3) is 3.05. The van der Waals surface area contributed by atoms with Crippen LogP contribution in [0.5, 0.6) is 0 Å². The molecule has 2 aliphatic heterocycles. The van der Waals surface area contributed by atoms with Crippen LogP contribution in [0.4, 0.5) is 0 Å². The van der Waals surface area contributed by atoms with Crippen molar-refractivity contribution < 1.29 is 13.2 Å². The van der Waals surface area contributed by atoms with Gasteiger partial charge in [0, 0.05) is 19.1 Å². The highest BCUT2D eigenvalue weighted by atomic mass is 32.2. The van der Waals surface area contributed by atoms with Gasteiger partial charge in [0.15, 0.2) is 5.69 Å². The number of aromatic nitrogens is 2. The molecule has 1 N–H and O–H groups in total. The summed E-state index contributed by atoms with van der Waals surface area (Å²) in [5.74, 6) is -0.253. The Balaban J connectivity index is 1.75. The van der Waals surface area contributed by atoms with Crippen molar-refractivity contribution >= 4 is 15.9 Å². The summed E-state index contributed by atoms with van der Waals surface area (Å²) in [5.41, 5.74) is 1.40. The average molecular weight is 389 g/mol. The summed E-state index contributed by atoms with van der Waals surface area (Å²) < 4.78 is 29.1. The van der Waals surface area contributed by atoms with Crippen molar-refractivity contribution in [3.63, 3.8) is 0 Å². The first-order valence-corrected chi connectivity index (χ1v) is 10.5. The summed E-state index contributed by atoms with van der Waals surface area (Å²) in [6, 6.07) is 6.91. The summed E-state index contributed by atoms with van der Waals surface area (Å²) in [7, 11) is -1.61. The molecule has 4 rings (SSSR count). The Morgan fingerprint density at radius 1 is 1.33 bits per heavy atom. The third-order valence-corrected chi connectivity index (χ3v) is 7.20. The van der Waals surface area contributed by atoms with Gasteiger partial charge in [-0.05, 0) is 32.1 Å². The van der Waals surface area contributed by atoms with Crippen LogP contribution in [0.3, 0.4) is 0 Å². The molecule has 0 bridgehead atoms. The topological polar surface area (TPSA) is 87.5 Å². The highest BCUT2D eigenvalue weighted by Gasteiger charge is 2.34. The lowest BCUT2D eigenvalue weighted by Crippen LogP contribution is -2.37. The third-order valence-electron chi connectivity index (χ3n) is 5.23. The van der Waals surface area contributed by atoms with Crippen LogP contribution in [0.2, 0.25) is 0 Å². The van der Waals surface area contributed by atoms with Crippen LogP contribution in [0, 0.1) is 0 Å². The number of nitrogens with one attached hydrogen (secondary N) is 1. The number of rotatable bonds is 3. The molecule has 1 unspecified atom stereocenters. The number of likely N-dealkylation sites (N-methyl/N-ethyl adjacent to an activating group) is 1. The van der Waals surface area contributed by atoms with E-state index in [1.54, 1.807) is 42.1 Å². The number of carbonyl (C=O) groups is 1. The number of likely N-dealkylation sites (tertiary alicyclic amines) is 1. The molecule has 27 heavy (non-hydrogen) atoms. The van der Waals surface area contributed by atoms with Gasteiger partial charge in [-0.2, -0.15) is 4.31 Å². The van der Waals surface area contributed by atoms with Crippen molar-refractivity contribution in [1.82, 2.24) is 24.1 Å². The number of hydrogen-bond acceptors (Lipinski definition) is 5. The van der Waals surface area contributed by atoms with Gasteiger partial charge in [-0.25, -0.2) is 13.4 Å². The molecule has 1 atom stereocenters. The molecule has 9 heteroatoms. The number of amides is 1. The van der Waals surface area contributed by atoms with Gasteiger partial charge in [-0.3, -0.25) is 9.36 Å². The predicted molar refractivity (Wildman–Crippen MR) is 100 cm³/mol. The average Bonchev–Trinajstić information content (AvgIpc) is 3.23. The van der Waals surface area contributed by atoms with Gasteiger partial charge >= 0.3 is 0 Å². The fourth-order valence-corrected chi connectivity index (χ4v) is 5.37. The highest BCUT2D eigenvalue weighted by Crippen LogP contribution is 2.31. The Hall–Kier alpha value is -2.23. The van der Waals surface area contributed by atoms with Gasteiger partial charge in [0.25, 0.3) is 5.91 Å². The molecule has 1 aromatic heterocycles. The predicted octanol–water partition coefficient (Wildman–Crippen LogP) is 0.830. The Bertz CT molecular complexity index is 985. The zero-order valence-electron chi connectivity index (χ0n) is 15.4. The SMILES string of the molecule is CCN1Cc2c(C(=O)NC3CCN(C)C3)ncn2-c2ccccc2S1(=O)=O. The Kier molecular flexibility index (Phi) is 4.53. The number of nitrogens with zero attached hydrogens (tertiary/aromatic N) is 4. The summed E-state index contributed by atoms with van der Waals surface area (Å²) in [5, 5.41) is 3.04. The summed E-state index contributed by atoms with van der Waals surface area (Å²) in [6.45, 7) is 3.97. The van der Waals surface area contributed by atoms with E-state index < -0.39 is 10.0 Å². The maximum absolute atomic E-state index is 13.0. The van der Waals surface area contributed by atoms with E-state index in [0.29, 0.717) is 17.9 Å². The fraction of sp³-hybridized carbons (Fsp3) is 0.444. The van der Waals surface area contributed by atoms with Crippen molar-refractivity contribution in [2.75, 3.05) is 26.7 Å². The molecule has 0 aliphatic carbocycles. The summed E-state index contributed by atoms with van der Waals surface area (Å²) >= 11 is 0. The molecule has 1 saturated heterocycles. The molecular formula is C18H23N5O3S. The van der Waals surface area contributed by atoms with Gasteiger partial charge in [0.1, 0.15) is 11.2 Å². The van der Waals surface area contributed by atoms with E-state index in [1.165, 1.54) is 4.31 Å².